The van der Waals surface area contributed by atoms with Gasteiger partial charge in [0.15, 0.2) is 6.10 Å². The molecule has 0 fully saturated rings. The average Bonchev–Trinajstić information content (AvgIpc) is 3.47. The second kappa shape index (κ2) is 69.8. The summed E-state index contributed by atoms with van der Waals surface area (Å²) < 4.78 is 17.0. The van der Waals surface area contributed by atoms with Gasteiger partial charge in [-0.1, -0.05) is 330 Å². The quantitative estimate of drug-likeness (QED) is 0.0261. The van der Waals surface area contributed by atoms with E-state index in [2.05, 4.69) is 118 Å². The van der Waals surface area contributed by atoms with Crippen LogP contribution >= 0.6 is 0 Å². The van der Waals surface area contributed by atoms with Crippen LogP contribution in [0.1, 0.15) is 348 Å². The molecular formula is C76H132O6. The van der Waals surface area contributed by atoms with Crippen LogP contribution in [0.5, 0.6) is 0 Å². The van der Waals surface area contributed by atoms with Gasteiger partial charge in [-0.25, -0.2) is 0 Å². The lowest BCUT2D eigenvalue weighted by atomic mass is 10.0. The minimum absolute atomic E-state index is 0.0822. The number of carbonyl (C=O) groups is 3. The minimum atomic E-state index is -0.788. The average molecular weight is 1140 g/mol. The molecule has 1 unspecified atom stereocenters. The number of allylic oxidation sites excluding steroid dienone is 16. The molecule has 0 saturated carbocycles. The van der Waals surface area contributed by atoms with Crippen molar-refractivity contribution in [3.05, 3.63) is 97.2 Å². The molecule has 0 aromatic carbocycles. The van der Waals surface area contributed by atoms with Crippen molar-refractivity contribution >= 4 is 17.9 Å². The highest BCUT2D eigenvalue weighted by Crippen LogP contribution is 2.18. The smallest absolute Gasteiger partial charge is 0.306 e. The first kappa shape index (κ1) is 78.3. The van der Waals surface area contributed by atoms with Crippen molar-refractivity contribution in [2.45, 2.75) is 354 Å². The minimum Gasteiger partial charge on any atom is -0.462 e. The molecule has 0 spiro atoms. The first-order chi connectivity index (χ1) is 40.5. The number of unbranched alkanes of at least 4 members (excludes halogenated alkanes) is 37. The van der Waals surface area contributed by atoms with E-state index in [1.54, 1.807) is 0 Å². The predicted molar refractivity (Wildman–Crippen MR) is 357 cm³/mol. The summed E-state index contributed by atoms with van der Waals surface area (Å²) in [7, 11) is 0. The third kappa shape index (κ3) is 67.1. The molecule has 6 heteroatoms. The molecular weight excluding hydrogens is 1010 g/mol. The van der Waals surface area contributed by atoms with Crippen LogP contribution in [-0.4, -0.2) is 37.2 Å². The molecule has 0 aliphatic carbocycles. The van der Waals surface area contributed by atoms with E-state index in [4.69, 9.17) is 14.2 Å². The number of ether oxygens (including phenoxy) is 3. The molecule has 0 aromatic rings. The standard InChI is InChI=1S/C76H132O6/c1-4-7-10-13-16-19-22-25-28-30-31-32-33-34-35-36-37-38-39-40-41-42-43-44-45-47-48-51-54-57-60-63-66-69-75(78)81-72-73(71-80-74(77)68-65-62-59-56-53-50-27-24-21-18-15-12-9-6-3)82-76(79)70-67-64-61-58-55-52-49-46-29-26-23-20-17-14-11-8-5-2/h7-8,10-11,16-17,19-20,25-26,28-29,31-32,49,52,73H,4-6,9,12-15,18,21-24,27,30,33-48,50-51,53-72H2,1-3H3/b10-7-,11-8-,19-16-,20-17-,28-25-,29-26-,32-31-,52-49-. The Kier molecular flexibility index (Phi) is 66.7. The van der Waals surface area contributed by atoms with Gasteiger partial charge in [0.25, 0.3) is 0 Å². The Balaban J connectivity index is 4.18. The van der Waals surface area contributed by atoms with E-state index in [0.29, 0.717) is 19.3 Å². The van der Waals surface area contributed by atoms with Gasteiger partial charge in [-0.3, -0.25) is 14.4 Å². The van der Waals surface area contributed by atoms with Gasteiger partial charge in [0.05, 0.1) is 0 Å². The highest BCUT2D eigenvalue weighted by atomic mass is 16.6. The Hall–Kier alpha value is -3.67. The lowest BCUT2D eigenvalue weighted by molar-refractivity contribution is -0.167. The third-order valence-electron chi connectivity index (χ3n) is 15.3. The Morgan fingerprint density at radius 2 is 0.476 bits per heavy atom. The normalized spacial score (nSPS) is 12.7. The van der Waals surface area contributed by atoms with Crippen molar-refractivity contribution in [2.24, 2.45) is 0 Å². The number of esters is 3. The summed E-state index contributed by atoms with van der Waals surface area (Å²) in [5.74, 6) is -0.887. The van der Waals surface area contributed by atoms with Gasteiger partial charge in [-0.15, -0.1) is 0 Å². The molecule has 0 rings (SSSR count). The van der Waals surface area contributed by atoms with Crippen LogP contribution in [0.2, 0.25) is 0 Å². The number of rotatable bonds is 64. The van der Waals surface area contributed by atoms with E-state index in [-0.39, 0.29) is 31.1 Å². The van der Waals surface area contributed by atoms with Crippen LogP contribution in [0.3, 0.4) is 0 Å². The highest BCUT2D eigenvalue weighted by molar-refractivity contribution is 5.71. The Labute approximate surface area is 508 Å². The lowest BCUT2D eigenvalue weighted by Gasteiger charge is -2.18. The van der Waals surface area contributed by atoms with Crippen LogP contribution in [0, 0.1) is 0 Å². The van der Waals surface area contributed by atoms with Gasteiger partial charge in [-0.05, 0) is 96.3 Å². The van der Waals surface area contributed by atoms with Gasteiger partial charge >= 0.3 is 17.9 Å². The number of hydrogen-bond acceptors (Lipinski definition) is 6. The Morgan fingerprint density at radius 3 is 0.744 bits per heavy atom. The van der Waals surface area contributed by atoms with Crippen molar-refractivity contribution in [3.63, 3.8) is 0 Å². The summed E-state index contributed by atoms with van der Waals surface area (Å²) >= 11 is 0. The van der Waals surface area contributed by atoms with Gasteiger partial charge in [0.2, 0.25) is 0 Å². The summed E-state index contributed by atoms with van der Waals surface area (Å²) in [5.41, 5.74) is 0. The molecule has 0 N–H and O–H groups in total. The number of hydrogen-bond donors (Lipinski definition) is 0. The lowest BCUT2D eigenvalue weighted by Crippen LogP contribution is -2.30. The summed E-state index contributed by atoms with van der Waals surface area (Å²) in [5, 5.41) is 0. The van der Waals surface area contributed by atoms with E-state index in [0.717, 1.165) is 122 Å². The van der Waals surface area contributed by atoms with Crippen molar-refractivity contribution in [3.8, 4) is 0 Å². The van der Waals surface area contributed by atoms with Gasteiger partial charge < -0.3 is 14.2 Å². The second-order valence-electron chi connectivity index (χ2n) is 23.4. The summed E-state index contributed by atoms with van der Waals surface area (Å²) in [6.07, 6.45) is 94.4. The van der Waals surface area contributed by atoms with Crippen LogP contribution in [0.4, 0.5) is 0 Å². The molecule has 0 aromatic heterocycles. The van der Waals surface area contributed by atoms with Crippen LogP contribution in [-0.2, 0) is 28.6 Å². The second-order valence-corrected chi connectivity index (χ2v) is 23.4. The molecule has 0 saturated heterocycles. The first-order valence-corrected chi connectivity index (χ1v) is 35.2. The van der Waals surface area contributed by atoms with Crippen LogP contribution in [0.25, 0.3) is 0 Å². The molecule has 0 aliphatic heterocycles. The maximum absolute atomic E-state index is 12.9. The molecule has 82 heavy (non-hydrogen) atoms. The van der Waals surface area contributed by atoms with Crippen LogP contribution in [0.15, 0.2) is 97.2 Å². The topological polar surface area (TPSA) is 78.9 Å². The van der Waals surface area contributed by atoms with E-state index >= 15 is 0 Å². The molecule has 0 radical (unpaired) electrons. The largest absolute Gasteiger partial charge is 0.462 e. The van der Waals surface area contributed by atoms with Crippen LogP contribution < -0.4 is 0 Å². The number of carbonyl (C=O) groups excluding carboxylic acids is 3. The molecule has 0 aliphatic rings. The summed E-state index contributed by atoms with van der Waals surface area (Å²) in [4.78, 5) is 38.4. The maximum atomic E-state index is 12.9. The fourth-order valence-corrected chi connectivity index (χ4v) is 10.1. The molecule has 1 atom stereocenters. The maximum Gasteiger partial charge on any atom is 0.306 e. The molecule has 0 amide bonds. The van der Waals surface area contributed by atoms with E-state index < -0.39 is 6.10 Å². The predicted octanol–water partition coefficient (Wildman–Crippen LogP) is 24.4. The van der Waals surface area contributed by atoms with E-state index in [9.17, 15) is 14.4 Å². The van der Waals surface area contributed by atoms with Crippen molar-refractivity contribution < 1.29 is 28.6 Å². The SMILES string of the molecule is CC/C=C\C/C=C\C/C=C\C/C=C\CCCCCCCCCCCCCCCCCCCCCCC(=O)OCC(COC(=O)CCCCCCCCCCCCCCCC)OC(=O)CCCCCC/C=C\C/C=C\C/C=C\C/C=C\CC. The first-order valence-electron chi connectivity index (χ1n) is 35.2. The van der Waals surface area contributed by atoms with Gasteiger partial charge in [0, 0.05) is 19.3 Å². The Morgan fingerprint density at radius 1 is 0.256 bits per heavy atom. The van der Waals surface area contributed by atoms with E-state index in [1.165, 1.54) is 186 Å². The summed E-state index contributed by atoms with van der Waals surface area (Å²) in [6, 6.07) is 0. The highest BCUT2D eigenvalue weighted by Gasteiger charge is 2.19. The third-order valence-corrected chi connectivity index (χ3v) is 15.3. The zero-order valence-electron chi connectivity index (χ0n) is 54.2. The van der Waals surface area contributed by atoms with Gasteiger partial charge in [0.1, 0.15) is 13.2 Å². The van der Waals surface area contributed by atoms with Gasteiger partial charge in [-0.2, -0.15) is 0 Å². The van der Waals surface area contributed by atoms with Crippen molar-refractivity contribution in [1.82, 2.24) is 0 Å². The molecule has 472 valence electrons. The molecule has 6 nitrogen and oxygen atoms in total. The fraction of sp³-hybridized carbons (Fsp3) is 0.750. The van der Waals surface area contributed by atoms with Crippen molar-refractivity contribution in [1.29, 1.82) is 0 Å². The monoisotopic (exact) mass is 1140 g/mol. The molecule has 0 bridgehead atoms. The fourth-order valence-electron chi connectivity index (χ4n) is 10.1. The molecule has 0 heterocycles. The zero-order chi connectivity index (χ0) is 59.2. The Bertz CT molecular complexity index is 1590. The van der Waals surface area contributed by atoms with Crippen molar-refractivity contribution in [2.75, 3.05) is 13.2 Å². The summed E-state index contributed by atoms with van der Waals surface area (Å²) in [6.45, 7) is 6.44. The zero-order valence-corrected chi connectivity index (χ0v) is 54.2. The van der Waals surface area contributed by atoms with E-state index in [1.807, 2.05) is 0 Å².